The van der Waals surface area contributed by atoms with E-state index in [1.165, 1.54) is 14.0 Å². The van der Waals surface area contributed by atoms with Crippen molar-refractivity contribution in [3.05, 3.63) is 0 Å². The first-order valence-corrected chi connectivity index (χ1v) is 8.10. The van der Waals surface area contributed by atoms with Crippen LogP contribution in [0.3, 0.4) is 0 Å². The molecule has 0 heterocycles. The van der Waals surface area contributed by atoms with E-state index in [4.69, 9.17) is 0 Å². The molecule has 0 saturated heterocycles. The number of rotatable bonds is 4. The zero-order chi connectivity index (χ0) is 19.3. The van der Waals surface area contributed by atoms with E-state index >= 15 is 0 Å². The average Bonchev–Trinajstić information content (AvgIpc) is 2.56. The van der Waals surface area contributed by atoms with Crippen molar-refractivity contribution in [2.45, 2.75) is 52.5 Å². The van der Waals surface area contributed by atoms with Crippen LogP contribution in [0.2, 0.25) is 0 Å². The van der Waals surface area contributed by atoms with Gasteiger partial charge in [-0.2, -0.15) is 0 Å². The van der Waals surface area contributed by atoms with E-state index in [1.807, 2.05) is 0 Å². The predicted molar refractivity (Wildman–Crippen MR) is 84.6 cm³/mol. The molecule has 0 aromatic carbocycles. The number of carboxylic acids is 1. The summed E-state index contributed by atoms with van der Waals surface area (Å²) in [5.41, 5.74) is 0. The number of imide groups is 1. The number of nitrogens with zero attached hydrogens (tertiary/aromatic N) is 2. The Morgan fingerprint density at radius 1 is 1.04 bits per heavy atom. The molecular formula is C16H24N2O7. The quantitative estimate of drug-likeness (QED) is 0.731. The minimum Gasteiger partial charge on any atom is -0.481 e. The molecule has 1 saturated carbocycles. The highest BCUT2D eigenvalue weighted by atomic mass is 16.7. The summed E-state index contributed by atoms with van der Waals surface area (Å²) < 4.78 is 0. The number of carboxylic acid groups (broad SMARTS) is 1. The van der Waals surface area contributed by atoms with Gasteiger partial charge in [0.2, 0.25) is 5.91 Å². The van der Waals surface area contributed by atoms with E-state index in [9.17, 15) is 29.1 Å². The molecule has 0 aromatic heterocycles. The van der Waals surface area contributed by atoms with Crippen LogP contribution >= 0.6 is 0 Å². The zero-order valence-electron chi connectivity index (χ0n) is 14.9. The highest BCUT2D eigenvalue weighted by Gasteiger charge is 2.40. The van der Waals surface area contributed by atoms with Gasteiger partial charge >= 0.3 is 11.9 Å². The Kier molecular flexibility index (Phi) is 7.08. The molecule has 0 spiro atoms. The number of carbonyl (C=O) groups is 5. The molecular weight excluding hydrogens is 332 g/mol. The van der Waals surface area contributed by atoms with Gasteiger partial charge in [0.05, 0.1) is 11.8 Å². The second-order valence-electron chi connectivity index (χ2n) is 6.20. The Morgan fingerprint density at radius 3 is 2.00 bits per heavy atom. The lowest BCUT2D eigenvalue weighted by atomic mass is 9.78. The van der Waals surface area contributed by atoms with Crippen molar-refractivity contribution < 1.29 is 33.9 Å². The first-order valence-electron chi connectivity index (χ1n) is 8.10. The maximum absolute atomic E-state index is 12.7. The topological polar surface area (TPSA) is 121 Å². The summed E-state index contributed by atoms with van der Waals surface area (Å²) >= 11 is 0. The molecule has 140 valence electrons. The third-order valence-corrected chi connectivity index (χ3v) is 4.39. The lowest BCUT2D eigenvalue weighted by Crippen LogP contribution is -2.52. The highest BCUT2D eigenvalue weighted by molar-refractivity contribution is 5.98. The van der Waals surface area contributed by atoms with Gasteiger partial charge in [-0.05, 0) is 19.8 Å². The van der Waals surface area contributed by atoms with Gasteiger partial charge in [0, 0.05) is 20.9 Å². The van der Waals surface area contributed by atoms with Crippen LogP contribution in [0.4, 0.5) is 0 Å². The summed E-state index contributed by atoms with van der Waals surface area (Å²) in [4.78, 5) is 64.7. The molecule has 0 bridgehead atoms. The number of aliphatic carboxylic acids is 1. The third-order valence-electron chi connectivity index (χ3n) is 4.39. The fourth-order valence-electron chi connectivity index (χ4n) is 2.90. The maximum Gasteiger partial charge on any atom is 0.330 e. The van der Waals surface area contributed by atoms with Crippen LogP contribution in [0, 0.1) is 11.8 Å². The molecule has 0 aromatic rings. The second kappa shape index (κ2) is 8.59. The van der Waals surface area contributed by atoms with Crippen LogP contribution in [0.1, 0.15) is 46.5 Å². The van der Waals surface area contributed by atoms with Crippen LogP contribution in [0.25, 0.3) is 0 Å². The molecule has 9 heteroatoms. The van der Waals surface area contributed by atoms with Crippen molar-refractivity contribution in [3.63, 3.8) is 0 Å². The van der Waals surface area contributed by atoms with Crippen LogP contribution in [0.15, 0.2) is 0 Å². The monoisotopic (exact) mass is 356 g/mol. The Morgan fingerprint density at radius 2 is 1.56 bits per heavy atom. The summed E-state index contributed by atoms with van der Waals surface area (Å²) in [6.45, 7) is 3.48. The van der Waals surface area contributed by atoms with Crippen LogP contribution in [-0.2, 0) is 28.8 Å². The van der Waals surface area contributed by atoms with Crippen molar-refractivity contribution in [2.75, 3.05) is 7.05 Å². The van der Waals surface area contributed by atoms with Gasteiger partial charge < -0.3 is 14.8 Å². The van der Waals surface area contributed by atoms with E-state index in [2.05, 4.69) is 4.84 Å². The molecule has 0 aliphatic heterocycles. The fraction of sp³-hybridized carbons (Fsp3) is 0.688. The van der Waals surface area contributed by atoms with Gasteiger partial charge in [0.1, 0.15) is 6.04 Å². The van der Waals surface area contributed by atoms with Crippen molar-refractivity contribution in [1.29, 1.82) is 0 Å². The summed E-state index contributed by atoms with van der Waals surface area (Å²) in [7, 11) is 1.37. The molecule has 3 atom stereocenters. The lowest BCUT2D eigenvalue weighted by Gasteiger charge is -2.34. The summed E-state index contributed by atoms with van der Waals surface area (Å²) in [6.07, 6.45) is 2.32. The normalized spacial score (nSPS) is 21.0. The second-order valence-corrected chi connectivity index (χ2v) is 6.20. The van der Waals surface area contributed by atoms with Crippen molar-refractivity contribution in [1.82, 2.24) is 9.96 Å². The van der Waals surface area contributed by atoms with Crippen molar-refractivity contribution in [2.24, 2.45) is 11.8 Å². The largest absolute Gasteiger partial charge is 0.481 e. The molecule has 0 radical (unpaired) electrons. The summed E-state index contributed by atoms with van der Waals surface area (Å²) in [5, 5.41) is 9.61. The zero-order valence-corrected chi connectivity index (χ0v) is 14.9. The summed E-state index contributed by atoms with van der Waals surface area (Å²) in [5.74, 6) is -5.53. The number of amides is 3. The number of hydroxylamine groups is 2. The maximum atomic E-state index is 12.7. The fourth-order valence-corrected chi connectivity index (χ4v) is 2.90. The predicted octanol–water partition coefficient (Wildman–Crippen LogP) is 0.577. The van der Waals surface area contributed by atoms with Crippen LogP contribution in [-0.4, -0.2) is 57.8 Å². The van der Waals surface area contributed by atoms with E-state index in [1.54, 1.807) is 0 Å². The smallest absolute Gasteiger partial charge is 0.330 e. The number of carbonyl (C=O) groups excluding carboxylic acids is 4. The van der Waals surface area contributed by atoms with Gasteiger partial charge in [-0.25, -0.2) is 4.79 Å². The number of likely N-dealkylation sites (N-methyl/N-ethyl adjacent to an activating group) is 1. The van der Waals surface area contributed by atoms with Gasteiger partial charge in [0.15, 0.2) is 0 Å². The van der Waals surface area contributed by atoms with Gasteiger partial charge in [0.25, 0.3) is 11.8 Å². The van der Waals surface area contributed by atoms with Gasteiger partial charge in [-0.3, -0.25) is 19.2 Å². The van der Waals surface area contributed by atoms with Crippen molar-refractivity contribution in [3.8, 4) is 0 Å². The lowest BCUT2D eigenvalue weighted by molar-refractivity contribution is -0.202. The van der Waals surface area contributed by atoms with Crippen LogP contribution < -0.4 is 0 Å². The average molecular weight is 356 g/mol. The Hall–Kier alpha value is -2.45. The molecule has 25 heavy (non-hydrogen) atoms. The molecule has 1 N–H and O–H groups in total. The first-order chi connectivity index (χ1) is 11.6. The minimum absolute atomic E-state index is 0.312. The van der Waals surface area contributed by atoms with Gasteiger partial charge in [-0.1, -0.05) is 12.8 Å². The Bertz CT molecular complexity index is 575. The Labute approximate surface area is 145 Å². The van der Waals surface area contributed by atoms with E-state index in [-0.39, 0.29) is 0 Å². The molecule has 9 nitrogen and oxygen atoms in total. The van der Waals surface area contributed by atoms with E-state index < -0.39 is 47.5 Å². The number of hydrogen-bond donors (Lipinski definition) is 1. The Balaban J connectivity index is 2.91. The molecule has 3 amide bonds. The first kappa shape index (κ1) is 20.6. The SMILES string of the molecule is CC(=O)ON(C(C)=O)C(=O)C(C)N(C)C(=O)[C@H]1CCCC[C@H]1C(=O)O. The van der Waals surface area contributed by atoms with E-state index in [0.29, 0.717) is 17.9 Å². The highest BCUT2D eigenvalue weighted by Crippen LogP contribution is 2.32. The third kappa shape index (κ3) is 5.01. The summed E-state index contributed by atoms with van der Waals surface area (Å²) in [6, 6.07) is -1.09. The molecule has 1 aliphatic carbocycles. The van der Waals surface area contributed by atoms with Crippen molar-refractivity contribution >= 4 is 29.7 Å². The minimum atomic E-state index is -1.09. The van der Waals surface area contributed by atoms with Crippen LogP contribution in [0.5, 0.6) is 0 Å². The standard InChI is InChI=1S/C16H24N2O7/c1-9(14(21)18(10(2)19)25-11(3)20)17(4)15(22)12-7-5-6-8-13(12)16(23)24/h9,12-13H,5-8H2,1-4H3,(H,23,24)/t9?,12-,13+/m0/s1. The molecule has 1 aliphatic rings. The van der Waals surface area contributed by atoms with Gasteiger partial charge in [-0.15, -0.1) is 5.06 Å². The number of hydrogen-bond acceptors (Lipinski definition) is 6. The van der Waals surface area contributed by atoms with E-state index in [0.717, 1.165) is 31.6 Å². The molecule has 1 fully saturated rings. The molecule has 1 rings (SSSR count). The molecule has 1 unspecified atom stereocenters.